The average molecular weight is 348 g/mol. The summed E-state index contributed by atoms with van der Waals surface area (Å²) in [6.45, 7) is 6.77. The van der Waals surface area contributed by atoms with E-state index in [2.05, 4.69) is 4.98 Å². The summed E-state index contributed by atoms with van der Waals surface area (Å²) in [6, 6.07) is 5.74. The molecule has 1 amide bonds. The zero-order chi connectivity index (χ0) is 18.1. The van der Waals surface area contributed by atoms with Gasteiger partial charge in [0.25, 0.3) is 0 Å². The lowest BCUT2D eigenvalue weighted by Crippen LogP contribution is -2.52. The topological polar surface area (TPSA) is 71.9 Å². The van der Waals surface area contributed by atoms with Crippen LogP contribution >= 0.6 is 0 Å². The van der Waals surface area contributed by atoms with Gasteiger partial charge in [0.1, 0.15) is 11.7 Å². The van der Waals surface area contributed by atoms with Gasteiger partial charge < -0.3 is 19.5 Å². The number of hydrogen-bond acceptors (Lipinski definition) is 5. The number of pyridine rings is 1. The van der Waals surface area contributed by atoms with Gasteiger partial charge in [0.05, 0.1) is 17.4 Å². The van der Waals surface area contributed by atoms with E-state index in [1.165, 1.54) is 0 Å². The van der Waals surface area contributed by atoms with Crippen molar-refractivity contribution < 1.29 is 19.4 Å². The van der Waals surface area contributed by atoms with Crippen LogP contribution in [-0.2, 0) is 9.47 Å². The van der Waals surface area contributed by atoms with E-state index < -0.39 is 17.3 Å². The van der Waals surface area contributed by atoms with Crippen LogP contribution in [0.1, 0.15) is 58.3 Å². The average Bonchev–Trinajstić information content (AvgIpc) is 2.54. The Morgan fingerprint density at radius 1 is 1.36 bits per heavy atom. The Kier molecular flexibility index (Phi) is 5.02. The van der Waals surface area contributed by atoms with Crippen LogP contribution in [0.15, 0.2) is 24.4 Å². The summed E-state index contributed by atoms with van der Waals surface area (Å²) in [7, 11) is 0. The number of aromatic nitrogens is 1. The highest BCUT2D eigenvalue weighted by Gasteiger charge is 2.45. The van der Waals surface area contributed by atoms with Gasteiger partial charge in [0.2, 0.25) is 0 Å². The zero-order valence-electron chi connectivity index (χ0n) is 15.3. The molecule has 0 bridgehead atoms. The van der Waals surface area contributed by atoms with Crippen molar-refractivity contribution in [1.82, 2.24) is 9.88 Å². The number of carbonyl (C=O) groups excluding carboxylic acids is 1. The lowest BCUT2D eigenvalue weighted by molar-refractivity contribution is -0.184. The Bertz CT molecular complexity index is 591. The van der Waals surface area contributed by atoms with Gasteiger partial charge in [-0.2, -0.15) is 0 Å². The van der Waals surface area contributed by atoms with E-state index >= 15 is 0 Å². The van der Waals surface area contributed by atoms with E-state index in [1.807, 2.05) is 39.0 Å². The molecule has 0 aliphatic carbocycles. The molecular weight excluding hydrogens is 320 g/mol. The van der Waals surface area contributed by atoms with Crippen molar-refractivity contribution >= 4 is 6.09 Å². The molecule has 2 atom stereocenters. The van der Waals surface area contributed by atoms with Gasteiger partial charge in [0, 0.05) is 32.1 Å². The van der Waals surface area contributed by atoms with Crippen LogP contribution in [0.3, 0.4) is 0 Å². The van der Waals surface area contributed by atoms with Crippen molar-refractivity contribution in [3.63, 3.8) is 0 Å². The Balaban J connectivity index is 1.64. The summed E-state index contributed by atoms with van der Waals surface area (Å²) in [5.41, 5.74) is -0.0261. The Morgan fingerprint density at radius 3 is 2.68 bits per heavy atom. The predicted octanol–water partition coefficient (Wildman–Crippen LogP) is 3.06. The smallest absolute Gasteiger partial charge is 0.410 e. The van der Waals surface area contributed by atoms with Crippen LogP contribution in [0, 0.1) is 0 Å². The molecule has 1 spiro atoms. The number of ether oxygens (including phenoxy) is 2. The highest BCUT2D eigenvalue weighted by molar-refractivity contribution is 5.68. The van der Waals surface area contributed by atoms with E-state index in [9.17, 15) is 9.90 Å². The van der Waals surface area contributed by atoms with Crippen LogP contribution in [0.5, 0.6) is 0 Å². The Hall–Kier alpha value is -1.66. The fourth-order valence-corrected chi connectivity index (χ4v) is 3.65. The second-order valence-corrected chi connectivity index (χ2v) is 8.11. The number of likely N-dealkylation sites (tertiary alicyclic amines) is 1. The van der Waals surface area contributed by atoms with E-state index in [1.54, 1.807) is 11.1 Å². The first-order valence-electron chi connectivity index (χ1n) is 9.01. The van der Waals surface area contributed by atoms with Crippen molar-refractivity contribution in [3.05, 3.63) is 30.1 Å². The fourth-order valence-electron chi connectivity index (χ4n) is 3.65. The summed E-state index contributed by atoms with van der Waals surface area (Å²) in [5.74, 6) is 0. The molecule has 25 heavy (non-hydrogen) atoms. The molecule has 6 heteroatoms. The highest BCUT2D eigenvalue weighted by Crippen LogP contribution is 2.42. The van der Waals surface area contributed by atoms with E-state index in [0.29, 0.717) is 38.8 Å². The molecule has 2 aliphatic heterocycles. The molecule has 138 valence electrons. The molecule has 2 unspecified atom stereocenters. The summed E-state index contributed by atoms with van der Waals surface area (Å²) >= 11 is 0. The lowest BCUT2D eigenvalue weighted by atomic mass is 9.81. The standard InChI is InChI=1S/C19H28N2O4/c1-18(2,3)25-17(23)21-10-7-19(8-11-21)13-14(22)12-16(24-19)15-6-4-5-9-20-15/h4-6,9,14,16,22H,7-8,10-13H2,1-3H3. The largest absolute Gasteiger partial charge is 0.444 e. The molecular formula is C19H28N2O4. The zero-order valence-corrected chi connectivity index (χ0v) is 15.3. The summed E-state index contributed by atoms with van der Waals surface area (Å²) < 4.78 is 11.9. The molecule has 1 aromatic heterocycles. The third-order valence-electron chi connectivity index (χ3n) is 4.83. The van der Waals surface area contributed by atoms with Gasteiger partial charge in [-0.3, -0.25) is 4.98 Å². The molecule has 0 saturated carbocycles. The maximum atomic E-state index is 12.2. The van der Waals surface area contributed by atoms with E-state index in [0.717, 1.165) is 5.69 Å². The number of amides is 1. The van der Waals surface area contributed by atoms with Crippen molar-refractivity contribution in [2.24, 2.45) is 0 Å². The summed E-state index contributed by atoms with van der Waals surface area (Å²) in [4.78, 5) is 18.3. The monoisotopic (exact) mass is 348 g/mol. The predicted molar refractivity (Wildman–Crippen MR) is 93.1 cm³/mol. The summed E-state index contributed by atoms with van der Waals surface area (Å²) in [6.07, 6.45) is 3.44. The first-order valence-corrected chi connectivity index (χ1v) is 9.01. The van der Waals surface area contributed by atoms with Crippen LogP contribution in [0.4, 0.5) is 4.79 Å². The van der Waals surface area contributed by atoms with Crippen molar-refractivity contribution in [2.75, 3.05) is 13.1 Å². The molecule has 0 radical (unpaired) electrons. The van der Waals surface area contributed by atoms with Crippen LogP contribution in [-0.4, -0.2) is 51.5 Å². The normalized spacial score (nSPS) is 26.5. The van der Waals surface area contributed by atoms with Gasteiger partial charge >= 0.3 is 6.09 Å². The number of aliphatic hydroxyl groups excluding tert-OH is 1. The molecule has 2 saturated heterocycles. The van der Waals surface area contributed by atoms with Gasteiger partial charge in [-0.1, -0.05) is 6.07 Å². The van der Waals surface area contributed by atoms with Crippen molar-refractivity contribution in [3.8, 4) is 0 Å². The molecule has 0 aromatic carbocycles. The first kappa shape index (κ1) is 18.1. The fraction of sp³-hybridized carbons (Fsp3) is 0.684. The maximum absolute atomic E-state index is 12.2. The quantitative estimate of drug-likeness (QED) is 0.844. The molecule has 2 fully saturated rings. The number of rotatable bonds is 1. The van der Waals surface area contributed by atoms with Gasteiger partial charge in [-0.25, -0.2) is 4.79 Å². The molecule has 3 heterocycles. The van der Waals surface area contributed by atoms with Crippen LogP contribution < -0.4 is 0 Å². The third kappa shape index (κ3) is 4.50. The maximum Gasteiger partial charge on any atom is 0.410 e. The van der Waals surface area contributed by atoms with E-state index in [-0.39, 0.29) is 12.2 Å². The third-order valence-corrected chi connectivity index (χ3v) is 4.83. The second-order valence-electron chi connectivity index (χ2n) is 8.11. The molecule has 1 N–H and O–H groups in total. The Morgan fingerprint density at radius 2 is 2.08 bits per heavy atom. The number of carbonyl (C=O) groups is 1. The molecule has 2 aliphatic rings. The summed E-state index contributed by atoms with van der Waals surface area (Å²) in [5, 5.41) is 10.4. The molecule has 6 nitrogen and oxygen atoms in total. The van der Waals surface area contributed by atoms with Gasteiger partial charge in [0.15, 0.2) is 0 Å². The first-order chi connectivity index (χ1) is 11.8. The number of piperidine rings is 1. The number of nitrogens with zero attached hydrogens (tertiary/aromatic N) is 2. The molecule has 3 rings (SSSR count). The minimum atomic E-state index is -0.492. The number of hydrogen-bond donors (Lipinski definition) is 1. The SMILES string of the molecule is CC(C)(C)OC(=O)N1CCC2(CC1)CC(O)CC(c1ccccn1)O2. The van der Waals surface area contributed by atoms with Crippen molar-refractivity contribution in [1.29, 1.82) is 0 Å². The minimum absolute atomic E-state index is 0.196. The van der Waals surface area contributed by atoms with E-state index in [4.69, 9.17) is 9.47 Å². The Labute approximate surface area is 149 Å². The lowest BCUT2D eigenvalue weighted by Gasteiger charge is -2.47. The van der Waals surface area contributed by atoms with Gasteiger partial charge in [-0.15, -0.1) is 0 Å². The highest BCUT2D eigenvalue weighted by atomic mass is 16.6. The van der Waals surface area contributed by atoms with Crippen LogP contribution in [0.25, 0.3) is 0 Å². The second kappa shape index (κ2) is 6.92. The number of aliphatic hydroxyl groups is 1. The minimum Gasteiger partial charge on any atom is -0.444 e. The van der Waals surface area contributed by atoms with Gasteiger partial charge in [-0.05, 0) is 45.7 Å². The molecule has 1 aromatic rings. The van der Waals surface area contributed by atoms with Crippen LogP contribution in [0.2, 0.25) is 0 Å². The van der Waals surface area contributed by atoms with Crippen molar-refractivity contribution in [2.45, 2.75) is 69.9 Å².